The second kappa shape index (κ2) is 6.72. The number of hydrogen-bond donors (Lipinski definition) is 1. The summed E-state index contributed by atoms with van der Waals surface area (Å²) in [6.07, 6.45) is 0.875. The van der Waals surface area contributed by atoms with Gasteiger partial charge in [0.15, 0.2) is 5.78 Å². The molecule has 1 fully saturated rings. The number of nitrogens with one attached hydrogen (secondary N) is 1. The molecule has 2 aliphatic rings. The number of aromatic nitrogens is 1. The van der Waals surface area contributed by atoms with E-state index in [4.69, 9.17) is 4.74 Å². The predicted molar refractivity (Wildman–Crippen MR) is 117 cm³/mol. The number of nitriles is 1. The van der Waals surface area contributed by atoms with Crippen LogP contribution in [0.25, 0.3) is 10.9 Å². The Kier molecular flexibility index (Phi) is 4.23. The van der Waals surface area contributed by atoms with Gasteiger partial charge in [0.1, 0.15) is 0 Å². The fourth-order valence-corrected chi connectivity index (χ4v) is 4.96. The Morgan fingerprint density at radius 3 is 2.67 bits per heavy atom. The summed E-state index contributed by atoms with van der Waals surface area (Å²) in [7, 11) is 0. The number of anilines is 1. The van der Waals surface area contributed by atoms with Crippen LogP contribution in [0.15, 0.2) is 30.3 Å². The number of H-pyrrole nitrogens is 1. The normalized spacial score (nSPS) is 17.5. The first kappa shape index (κ1) is 18.9. The van der Waals surface area contributed by atoms with Crippen LogP contribution in [0, 0.1) is 11.3 Å². The minimum absolute atomic E-state index is 0.0681. The van der Waals surface area contributed by atoms with Crippen molar-refractivity contribution in [2.45, 2.75) is 32.6 Å². The molecular weight excluding hydrogens is 374 g/mol. The van der Waals surface area contributed by atoms with Gasteiger partial charge in [0.25, 0.3) is 0 Å². The molecule has 1 N–H and O–H groups in total. The molecule has 0 saturated carbocycles. The fourth-order valence-electron chi connectivity index (χ4n) is 4.96. The third-order valence-corrected chi connectivity index (χ3v) is 6.65. The molecule has 1 aliphatic heterocycles. The molecule has 152 valence electrons. The fraction of sp³-hybridized carbons (Fsp3) is 0.360. The molecule has 1 aliphatic carbocycles. The van der Waals surface area contributed by atoms with Gasteiger partial charge in [-0.3, -0.25) is 4.79 Å². The highest BCUT2D eigenvalue weighted by Crippen LogP contribution is 2.45. The second-order valence-electron chi connectivity index (χ2n) is 8.68. The molecule has 1 saturated heterocycles. The van der Waals surface area contributed by atoms with Gasteiger partial charge in [-0.05, 0) is 41.8 Å². The Balaban J connectivity index is 1.73. The summed E-state index contributed by atoms with van der Waals surface area (Å²) < 4.78 is 5.54. The molecule has 5 heteroatoms. The molecule has 30 heavy (non-hydrogen) atoms. The van der Waals surface area contributed by atoms with Gasteiger partial charge in [0.2, 0.25) is 0 Å². The van der Waals surface area contributed by atoms with E-state index in [0.29, 0.717) is 5.56 Å². The Hall–Kier alpha value is -3.10. The highest BCUT2D eigenvalue weighted by molar-refractivity contribution is 6.20. The van der Waals surface area contributed by atoms with Gasteiger partial charge < -0.3 is 14.6 Å². The van der Waals surface area contributed by atoms with E-state index in [-0.39, 0.29) is 11.2 Å². The molecule has 0 spiro atoms. The van der Waals surface area contributed by atoms with E-state index in [1.165, 1.54) is 11.3 Å². The van der Waals surface area contributed by atoms with Crippen molar-refractivity contribution in [1.82, 2.24) is 4.98 Å². The maximum atomic E-state index is 13.7. The number of carbonyl (C=O) groups excluding carboxylic acids is 1. The third-order valence-electron chi connectivity index (χ3n) is 6.65. The number of benzene rings is 2. The highest BCUT2D eigenvalue weighted by Gasteiger charge is 2.40. The van der Waals surface area contributed by atoms with Crippen molar-refractivity contribution in [3.63, 3.8) is 0 Å². The molecule has 1 aromatic heterocycles. The number of aryl methyl sites for hydroxylation is 1. The van der Waals surface area contributed by atoms with Crippen LogP contribution in [-0.2, 0) is 16.6 Å². The maximum absolute atomic E-state index is 13.7. The van der Waals surface area contributed by atoms with Crippen LogP contribution in [0.3, 0.4) is 0 Å². The summed E-state index contributed by atoms with van der Waals surface area (Å²) in [4.78, 5) is 19.5. The van der Waals surface area contributed by atoms with Crippen LogP contribution < -0.4 is 4.90 Å². The lowest BCUT2D eigenvalue weighted by Crippen LogP contribution is -2.38. The van der Waals surface area contributed by atoms with Crippen molar-refractivity contribution in [2.75, 3.05) is 31.2 Å². The van der Waals surface area contributed by atoms with Gasteiger partial charge >= 0.3 is 0 Å². The molecule has 2 aromatic carbocycles. The van der Waals surface area contributed by atoms with E-state index in [1.54, 1.807) is 6.07 Å². The SMILES string of the molecule is CCc1cc2c(cc1N1CCOCC1)C(C)(C)c1[nH]c3cc(C#N)ccc3c1C2=O. The number of ether oxygens (including phenoxy) is 1. The summed E-state index contributed by atoms with van der Waals surface area (Å²) in [5.41, 5.74) is 7.04. The number of aromatic amines is 1. The number of rotatable bonds is 2. The van der Waals surface area contributed by atoms with E-state index >= 15 is 0 Å². The Morgan fingerprint density at radius 2 is 1.97 bits per heavy atom. The average Bonchev–Trinajstić information content (AvgIpc) is 3.17. The van der Waals surface area contributed by atoms with Gasteiger partial charge in [-0.2, -0.15) is 5.26 Å². The predicted octanol–water partition coefficient (Wildman–Crippen LogP) is 4.31. The Morgan fingerprint density at radius 1 is 1.20 bits per heavy atom. The molecule has 5 nitrogen and oxygen atoms in total. The summed E-state index contributed by atoms with van der Waals surface area (Å²) in [5, 5.41) is 10.2. The monoisotopic (exact) mass is 399 g/mol. The minimum atomic E-state index is -0.349. The zero-order chi connectivity index (χ0) is 21.0. The zero-order valence-corrected chi connectivity index (χ0v) is 17.6. The van der Waals surface area contributed by atoms with Crippen LogP contribution in [0.4, 0.5) is 5.69 Å². The summed E-state index contributed by atoms with van der Waals surface area (Å²) in [5.74, 6) is 0.0681. The average molecular weight is 399 g/mol. The number of nitrogens with zero attached hydrogens (tertiary/aromatic N) is 2. The van der Waals surface area contributed by atoms with Gasteiger partial charge in [0, 0.05) is 46.4 Å². The molecule has 0 unspecified atom stereocenters. The van der Waals surface area contributed by atoms with Gasteiger partial charge in [-0.25, -0.2) is 0 Å². The van der Waals surface area contributed by atoms with Crippen molar-refractivity contribution in [1.29, 1.82) is 5.26 Å². The van der Waals surface area contributed by atoms with Crippen molar-refractivity contribution in [2.24, 2.45) is 0 Å². The first-order valence-corrected chi connectivity index (χ1v) is 10.6. The van der Waals surface area contributed by atoms with Crippen LogP contribution in [0.5, 0.6) is 0 Å². The van der Waals surface area contributed by atoms with Crippen molar-refractivity contribution >= 4 is 22.4 Å². The summed E-state index contributed by atoms with van der Waals surface area (Å²) in [6.45, 7) is 9.69. The smallest absolute Gasteiger partial charge is 0.195 e. The number of hydrogen-bond acceptors (Lipinski definition) is 4. The standard InChI is InChI=1S/C25H25N3O2/c1-4-16-12-18-19(13-21(16)28-7-9-30-10-8-28)25(2,3)24-22(23(18)29)17-6-5-15(14-26)11-20(17)27-24/h5-6,11-13,27H,4,7-10H2,1-3H3. The van der Waals surface area contributed by atoms with Crippen molar-refractivity contribution in [3.8, 4) is 6.07 Å². The lowest BCUT2D eigenvalue weighted by Gasteiger charge is -2.36. The van der Waals surface area contributed by atoms with Gasteiger partial charge in [-0.1, -0.05) is 26.8 Å². The Labute approximate surface area is 176 Å². The second-order valence-corrected chi connectivity index (χ2v) is 8.68. The molecular formula is C25H25N3O2. The number of fused-ring (bicyclic) bond motifs is 4. The minimum Gasteiger partial charge on any atom is -0.378 e. The van der Waals surface area contributed by atoms with Crippen LogP contribution in [-0.4, -0.2) is 37.1 Å². The van der Waals surface area contributed by atoms with Gasteiger partial charge in [-0.15, -0.1) is 0 Å². The molecule has 0 bridgehead atoms. The number of morpholine rings is 1. The molecule has 0 atom stereocenters. The number of carbonyl (C=O) groups is 1. The topological polar surface area (TPSA) is 69.1 Å². The van der Waals surface area contributed by atoms with E-state index in [0.717, 1.165) is 66.0 Å². The zero-order valence-electron chi connectivity index (χ0n) is 17.6. The largest absolute Gasteiger partial charge is 0.378 e. The van der Waals surface area contributed by atoms with E-state index < -0.39 is 0 Å². The quantitative estimate of drug-likeness (QED) is 0.697. The summed E-state index contributed by atoms with van der Waals surface area (Å²) in [6, 6.07) is 12.0. The van der Waals surface area contributed by atoms with Gasteiger partial charge in [0.05, 0.1) is 30.4 Å². The Bertz CT molecular complexity index is 1220. The maximum Gasteiger partial charge on any atom is 0.195 e. The molecule has 3 aromatic rings. The lowest BCUT2D eigenvalue weighted by molar-refractivity contribution is 0.103. The van der Waals surface area contributed by atoms with Crippen molar-refractivity contribution < 1.29 is 9.53 Å². The van der Waals surface area contributed by atoms with Crippen LogP contribution >= 0.6 is 0 Å². The lowest BCUT2D eigenvalue weighted by atomic mass is 9.70. The third kappa shape index (κ3) is 2.60. The highest BCUT2D eigenvalue weighted by atomic mass is 16.5. The molecule has 0 amide bonds. The molecule has 0 radical (unpaired) electrons. The summed E-state index contributed by atoms with van der Waals surface area (Å²) >= 11 is 0. The molecule has 2 heterocycles. The van der Waals surface area contributed by atoms with Crippen LogP contribution in [0.2, 0.25) is 0 Å². The van der Waals surface area contributed by atoms with E-state index in [2.05, 4.69) is 48.9 Å². The van der Waals surface area contributed by atoms with Crippen molar-refractivity contribution in [3.05, 3.63) is 63.8 Å². The van der Waals surface area contributed by atoms with E-state index in [9.17, 15) is 10.1 Å². The molecule has 5 rings (SSSR count). The first-order chi connectivity index (χ1) is 14.5. The first-order valence-electron chi connectivity index (χ1n) is 10.6. The van der Waals surface area contributed by atoms with E-state index in [1.807, 2.05) is 12.1 Å². The van der Waals surface area contributed by atoms with Crippen LogP contribution in [0.1, 0.15) is 59.1 Å². The number of ketones is 1.